The first-order valence-electron chi connectivity index (χ1n) is 13.5. The van der Waals surface area contributed by atoms with E-state index in [-0.39, 0.29) is 29.8 Å². The summed E-state index contributed by atoms with van der Waals surface area (Å²) in [6, 6.07) is 4.59. The number of benzene rings is 2. The van der Waals surface area contributed by atoms with Gasteiger partial charge in [0.15, 0.2) is 23.3 Å². The van der Waals surface area contributed by atoms with Gasteiger partial charge in [-0.1, -0.05) is 0 Å². The van der Waals surface area contributed by atoms with E-state index >= 15 is 0 Å². The van der Waals surface area contributed by atoms with Crippen molar-refractivity contribution in [2.75, 3.05) is 31.5 Å². The highest BCUT2D eigenvalue weighted by atomic mass is 19.2. The van der Waals surface area contributed by atoms with Crippen LogP contribution < -0.4 is 10.9 Å². The zero-order chi connectivity index (χ0) is 28.8. The summed E-state index contributed by atoms with van der Waals surface area (Å²) in [4.78, 5) is 40.5. The van der Waals surface area contributed by atoms with Gasteiger partial charge in [0.1, 0.15) is 11.4 Å². The maximum Gasteiger partial charge on any atom is 0.261 e. The molecule has 2 aliphatic heterocycles. The number of aromatic amines is 2. The summed E-state index contributed by atoms with van der Waals surface area (Å²) in [6.45, 7) is 5.70. The lowest BCUT2D eigenvalue weighted by atomic mass is 10.0. The van der Waals surface area contributed by atoms with Crippen LogP contribution >= 0.6 is 0 Å². The quantitative estimate of drug-likeness (QED) is 0.214. The molecular formula is C29H28F4N6O2. The van der Waals surface area contributed by atoms with Crippen LogP contribution in [0.3, 0.4) is 0 Å². The molecule has 6 rings (SSSR count). The molecule has 1 atom stereocenters. The van der Waals surface area contributed by atoms with E-state index in [2.05, 4.69) is 25.2 Å². The van der Waals surface area contributed by atoms with Crippen LogP contribution in [0.1, 0.15) is 41.3 Å². The van der Waals surface area contributed by atoms with Gasteiger partial charge in [0.2, 0.25) is 0 Å². The van der Waals surface area contributed by atoms with Crippen molar-refractivity contribution in [3.8, 4) is 11.4 Å². The number of carbonyl (C=O) groups excluding carboxylic acids is 1. The number of nitrogens with zero attached hydrogens (tertiary/aromatic N) is 3. The number of pyridine rings is 1. The van der Waals surface area contributed by atoms with Crippen molar-refractivity contribution in [2.45, 2.75) is 38.8 Å². The van der Waals surface area contributed by atoms with Crippen LogP contribution in [-0.4, -0.2) is 62.9 Å². The summed E-state index contributed by atoms with van der Waals surface area (Å²) < 4.78 is 55.8. The molecule has 3 N–H and O–H groups in total. The van der Waals surface area contributed by atoms with Gasteiger partial charge in [0.25, 0.3) is 11.5 Å². The lowest BCUT2D eigenvalue weighted by Gasteiger charge is -2.20. The largest absolute Gasteiger partial charge is 0.381 e. The summed E-state index contributed by atoms with van der Waals surface area (Å²) in [7, 11) is 0. The first kappa shape index (κ1) is 27.0. The van der Waals surface area contributed by atoms with Crippen LogP contribution in [0, 0.1) is 23.3 Å². The Morgan fingerprint density at radius 3 is 2.49 bits per heavy atom. The molecule has 12 heteroatoms. The molecule has 2 aromatic carbocycles. The molecule has 1 amide bonds. The van der Waals surface area contributed by atoms with Gasteiger partial charge in [-0.3, -0.25) is 9.59 Å². The standard InChI is InChI=1S/C29H28F4N6O2/c1-15(10-18-25(32)19(30)13-20(31)26(18)33)35-21-4-5-34-28(40)24(21)27-36-22-11-16-14-39(9-8-38-6-2-3-7-38)29(41)17(16)12-23(22)37-27/h4-5,11-13,15H,2-3,6-10,14H2,1H3,(H,36,37)(H2,34,35,40)/t15-/m0/s1. The highest BCUT2D eigenvalue weighted by Crippen LogP contribution is 2.31. The minimum absolute atomic E-state index is 0.0485. The molecule has 0 aliphatic carbocycles. The van der Waals surface area contributed by atoms with Crippen molar-refractivity contribution in [2.24, 2.45) is 0 Å². The zero-order valence-corrected chi connectivity index (χ0v) is 22.3. The number of rotatable bonds is 8. The Bertz CT molecular complexity index is 1690. The van der Waals surface area contributed by atoms with Crippen molar-refractivity contribution in [1.82, 2.24) is 24.8 Å². The minimum atomic E-state index is -1.48. The van der Waals surface area contributed by atoms with Gasteiger partial charge in [-0.25, -0.2) is 22.5 Å². The number of aromatic nitrogens is 3. The molecule has 2 aliphatic rings. The Morgan fingerprint density at radius 2 is 1.76 bits per heavy atom. The number of carbonyl (C=O) groups is 1. The third-order valence-electron chi connectivity index (χ3n) is 7.78. The molecule has 214 valence electrons. The summed E-state index contributed by atoms with van der Waals surface area (Å²) >= 11 is 0. The topological polar surface area (TPSA) is 97.1 Å². The fraction of sp³-hybridized carbons (Fsp3) is 0.345. The second kappa shape index (κ2) is 10.7. The normalized spacial score (nSPS) is 16.1. The van der Waals surface area contributed by atoms with E-state index in [0.717, 1.165) is 25.2 Å². The van der Waals surface area contributed by atoms with E-state index in [1.165, 1.54) is 19.0 Å². The molecule has 1 fully saturated rings. The van der Waals surface area contributed by atoms with E-state index < -0.39 is 40.4 Å². The Hall–Kier alpha value is -4.19. The number of hydrogen-bond donors (Lipinski definition) is 3. The molecule has 4 heterocycles. The van der Waals surface area contributed by atoms with Gasteiger partial charge in [-0.05, 0) is 63.0 Å². The van der Waals surface area contributed by atoms with Crippen molar-refractivity contribution >= 4 is 22.6 Å². The molecule has 0 saturated carbocycles. The van der Waals surface area contributed by atoms with Crippen molar-refractivity contribution in [3.63, 3.8) is 0 Å². The van der Waals surface area contributed by atoms with Crippen LogP contribution in [0.25, 0.3) is 22.4 Å². The van der Waals surface area contributed by atoms with Gasteiger partial charge in [-0.15, -0.1) is 0 Å². The molecule has 0 bridgehead atoms. The van der Waals surface area contributed by atoms with Gasteiger partial charge in [0, 0.05) is 49.1 Å². The van der Waals surface area contributed by atoms with E-state index in [4.69, 9.17) is 0 Å². The second-order valence-electron chi connectivity index (χ2n) is 10.7. The summed E-state index contributed by atoms with van der Waals surface area (Å²) in [5.74, 6) is -5.70. The number of likely N-dealkylation sites (tertiary alicyclic amines) is 1. The molecule has 8 nitrogen and oxygen atoms in total. The highest BCUT2D eigenvalue weighted by Gasteiger charge is 2.29. The first-order chi connectivity index (χ1) is 19.7. The highest BCUT2D eigenvalue weighted by molar-refractivity contribution is 6.02. The van der Waals surface area contributed by atoms with Crippen molar-refractivity contribution in [1.29, 1.82) is 0 Å². The third kappa shape index (κ3) is 5.08. The smallest absolute Gasteiger partial charge is 0.261 e. The number of anilines is 1. The number of halogens is 4. The van der Waals surface area contributed by atoms with E-state index in [1.54, 1.807) is 19.1 Å². The Labute approximate surface area is 232 Å². The van der Waals surface area contributed by atoms with E-state index in [9.17, 15) is 27.2 Å². The molecule has 41 heavy (non-hydrogen) atoms. The maximum absolute atomic E-state index is 14.2. The Kier molecular flexibility index (Phi) is 7.02. The lowest BCUT2D eigenvalue weighted by molar-refractivity contribution is 0.0763. The van der Waals surface area contributed by atoms with E-state index in [0.29, 0.717) is 35.4 Å². The summed E-state index contributed by atoms with van der Waals surface area (Å²) in [6.07, 6.45) is 3.40. The predicted octanol–water partition coefficient (Wildman–Crippen LogP) is 4.57. The van der Waals surface area contributed by atoms with Crippen LogP contribution in [0.2, 0.25) is 0 Å². The zero-order valence-electron chi connectivity index (χ0n) is 22.3. The monoisotopic (exact) mass is 568 g/mol. The number of imidazole rings is 1. The average Bonchev–Trinajstić information content (AvgIpc) is 3.67. The Balaban J connectivity index is 1.24. The minimum Gasteiger partial charge on any atom is -0.381 e. The van der Waals surface area contributed by atoms with Crippen molar-refractivity contribution in [3.05, 3.63) is 80.8 Å². The molecular weight excluding hydrogens is 540 g/mol. The number of nitrogens with one attached hydrogen (secondary N) is 3. The number of H-pyrrole nitrogens is 2. The second-order valence-corrected chi connectivity index (χ2v) is 10.7. The molecule has 2 aromatic heterocycles. The van der Waals surface area contributed by atoms with Crippen molar-refractivity contribution < 1.29 is 22.4 Å². The molecule has 0 unspecified atom stereocenters. The third-order valence-corrected chi connectivity index (χ3v) is 7.78. The fourth-order valence-corrected chi connectivity index (χ4v) is 5.71. The van der Waals surface area contributed by atoms with Crippen LogP contribution in [-0.2, 0) is 13.0 Å². The lowest BCUT2D eigenvalue weighted by Crippen LogP contribution is -2.33. The summed E-state index contributed by atoms with van der Waals surface area (Å²) in [5.41, 5.74) is 1.84. The molecule has 0 radical (unpaired) electrons. The van der Waals surface area contributed by atoms with Crippen LogP contribution in [0.4, 0.5) is 23.2 Å². The predicted molar refractivity (Wildman–Crippen MR) is 146 cm³/mol. The number of fused-ring (bicyclic) bond motifs is 2. The van der Waals surface area contributed by atoms with Gasteiger partial charge >= 0.3 is 0 Å². The van der Waals surface area contributed by atoms with Crippen LogP contribution in [0.5, 0.6) is 0 Å². The van der Waals surface area contributed by atoms with Crippen LogP contribution in [0.15, 0.2) is 35.3 Å². The van der Waals surface area contributed by atoms with E-state index in [1.807, 2.05) is 11.0 Å². The SMILES string of the molecule is C[C@@H](Cc1c(F)c(F)cc(F)c1F)Nc1cc[nH]c(=O)c1-c1nc2cc3c(cc2[nH]1)CN(CCN1CCCC1)C3=O. The number of hydrogen-bond acceptors (Lipinski definition) is 5. The maximum atomic E-state index is 14.2. The average molecular weight is 569 g/mol. The first-order valence-corrected chi connectivity index (χ1v) is 13.5. The molecule has 1 saturated heterocycles. The molecule has 4 aromatic rings. The van der Waals surface area contributed by atoms with Gasteiger partial charge < -0.3 is 25.1 Å². The van der Waals surface area contributed by atoms with Gasteiger partial charge in [0.05, 0.1) is 16.7 Å². The number of amides is 1. The molecule has 0 spiro atoms. The fourth-order valence-electron chi connectivity index (χ4n) is 5.71. The van der Waals surface area contributed by atoms with Gasteiger partial charge in [-0.2, -0.15) is 0 Å². The Morgan fingerprint density at radius 1 is 1.02 bits per heavy atom. The summed E-state index contributed by atoms with van der Waals surface area (Å²) in [5, 5.41) is 3.01.